The molecular formula is C14H13NO4. The average Bonchev–Trinajstić information content (AvgIpc) is 3.09. The normalized spacial score (nSPS) is 21.3. The van der Waals surface area contributed by atoms with Gasteiger partial charge in [0.2, 0.25) is 5.91 Å². The van der Waals surface area contributed by atoms with E-state index in [2.05, 4.69) is 5.32 Å². The highest BCUT2D eigenvalue weighted by Crippen LogP contribution is 2.38. The molecule has 2 aromatic rings. The van der Waals surface area contributed by atoms with Crippen LogP contribution in [0.5, 0.6) is 0 Å². The molecule has 0 unspecified atom stereocenters. The summed E-state index contributed by atoms with van der Waals surface area (Å²) in [7, 11) is 0. The van der Waals surface area contributed by atoms with Crippen LogP contribution in [0.2, 0.25) is 0 Å². The van der Waals surface area contributed by atoms with Gasteiger partial charge in [0.15, 0.2) is 0 Å². The van der Waals surface area contributed by atoms with Crippen LogP contribution in [0.1, 0.15) is 12.2 Å². The number of furan rings is 1. The van der Waals surface area contributed by atoms with Crippen LogP contribution in [0.25, 0.3) is 11.0 Å². The van der Waals surface area contributed by atoms with E-state index in [0.717, 1.165) is 11.0 Å². The highest BCUT2D eigenvalue weighted by Gasteiger charge is 2.48. The number of carbonyl (C=O) groups is 2. The number of nitrogens with one attached hydrogen (secondary N) is 1. The second kappa shape index (κ2) is 4.42. The van der Waals surface area contributed by atoms with Gasteiger partial charge in [-0.1, -0.05) is 18.2 Å². The molecule has 19 heavy (non-hydrogen) atoms. The van der Waals surface area contributed by atoms with Crippen molar-refractivity contribution in [2.75, 3.05) is 0 Å². The minimum absolute atomic E-state index is 0.215. The van der Waals surface area contributed by atoms with Gasteiger partial charge in [0.05, 0.1) is 18.4 Å². The molecular weight excluding hydrogens is 246 g/mol. The molecule has 1 aromatic heterocycles. The van der Waals surface area contributed by atoms with Gasteiger partial charge in [-0.05, 0) is 18.6 Å². The maximum Gasteiger partial charge on any atom is 0.307 e. The summed E-state index contributed by atoms with van der Waals surface area (Å²) in [6, 6.07) is 9.47. The van der Waals surface area contributed by atoms with Crippen LogP contribution in [0.4, 0.5) is 0 Å². The van der Waals surface area contributed by atoms with Crippen molar-refractivity contribution in [2.24, 2.45) is 11.8 Å². The van der Waals surface area contributed by atoms with Gasteiger partial charge < -0.3 is 14.8 Å². The Morgan fingerprint density at radius 1 is 1.32 bits per heavy atom. The number of carbonyl (C=O) groups excluding carboxylic acids is 1. The third-order valence-electron chi connectivity index (χ3n) is 3.36. The van der Waals surface area contributed by atoms with Crippen LogP contribution in [0.3, 0.4) is 0 Å². The van der Waals surface area contributed by atoms with Crippen molar-refractivity contribution in [2.45, 2.75) is 13.0 Å². The maximum atomic E-state index is 11.7. The van der Waals surface area contributed by atoms with Gasteiger partial charge in [-0.2, -0.15) is 0 Å². The molecule has 2 N–H and O–H groups in total. The third kappa shape index (κ3) is 2.31. The van der Waals surface area contributed by atoms with Crippen molar-refractivity contribution >= 4 is 22.8 Å². The number of carboxylic acid groups (broad SMARTS) is 1. The van der Waals surface area contributed by atoms with Crippen LogP contribution < -0.4 is 5.32 Å². The SMILES string of the molecule is O=C(O)[C@@H]1C[C@H]1C(=O)NCc1cc2ccccc2o1. The van der Waals surface area contributed by atoms with Crippen molar-refractivity contribution in [3.63, 3.8) is 0 Å². The van der Waals surface area contributed by atoms with Crippen LogP contribution in [0.15, 0.2) is 34.7 Å². The van der Waals surface area contributed by atoms with E-state index >= 15 is 0 Å². The summed E-state index contributed by atoms with van der Waals surface area (Å²) in [6.45, 7) is 0.288. The molecule has 5 nitrogen and oxygen atoms in total. The summed E-state index contributed by atoms with van der Waals surface area (Å²) in [5.41, 5.74) is 0.779. The van der Waals surface area contributed by atoms with E-state index in [1.807, 2.05) is 30.3 Å². The molecule has 1 aliphatic rings. The molecule has 1 aromatic carbocycles. The van der Waals surface area contributed by atoms with E-state index in [4.69, 9.17) is 9.52 Å². The minimum atomic E-state index is -0.899. The molecule has 1 amide bonds. The number of benzene rings is 1. The fourth-order valence-corrected chi connectivity index (χ4v) is 2.19. The summed E-state index contributed by atoms with van der Waals surface area (Å²) in [4.78, 5) is 22.4. The number of hydrogen-bond donors (Lipinski definition) is 2. The summed E-state index contributed by atoms with van der Waals surface area (Å²) in [6.07, 6.45) is 0.432. The number of amides is 1. The van der Waals surface area contributed by atoms with Gasteiger partial charge in [0.1, 0.15) is 11.3 Å². The van der Waals surface area contributed by atoms with Crippen LogP contribution >= 0.6 is 0 Å². The lowest BCUT2D eigenvalue weighted by Crippen LogP contribution is -2.25. The first-order chi connectivity index (χ1) is 9.15. The van der Waals surface area contributed by atoms with Gasteiger partial charge in [-0.3, -0.25) is 9.59 Å². The van der Waals surface area contributed by atoms with E-state index in [1.165, 1.54) is 0 Å². The molecule has 2 atom stereocenters. The number of rotatable bonds is 4. The van der Waals surface area contributed by atoms with Crippen molar-refractivity contribution in [1.29, 1.82) is 0 Å². The Balaban J connectivity index is 1.60. The average molecular weight is 259 g/mol. The van der Waals surface area contributed by atoms with Gasteiger partial charge in [-0.25, -0.2) is 0 Å². The fourth-order valence-electron chi connectivity index (χ4n) is 2.19. The van der Waals surface area contributed by atoms with Crippen molar-refractivity contribution < 1.29 is 19.1 Å². The van der Waals surface area contributed by atoms with E-state index < -0.39 is 11.9 Å². The zero-order valence-corrected chi connectivity index (χ0v) is 10.1. The number of aliphatic carboxylic acids is 1. The summed E-state index contributed by atoms with van der Waals surface area (Å²) >= 11 is 0. The summed E-state index contributed by atoms with van der Waals surface area (Å²) < 4.78 is 5.56. The summed E-state index contributed by atoms with van der Waals surface area (Å²) in [5.74, 6) is -1.35. The van der Waals surface area contributed by atoms with Gasteiger partial charge in [0.25, 0.3) is 0 Å². The second-order valence-electron chi connectivity index (χ2n) is 4.76. The Hall–Kier alpha value is -2.30. The highest BCUT2D eigenvalue weighted by molar-refractivity contribution is 5.89. The predicted octanol–water partition coefficient (Wildman–Crippen LogP) is 1.77. The first-order valence-corrected chi connectivity index (χ1v) is 6.13. The topological polar surface area (TPSA) is 79.5 Å². The number of para-hydroxylation sites is 1. The monoisotopic (exact) mass is 259 g/mol. The largest absolute Gasteiger partial charge is 0.481 e. The Morgan fingerprint density at radius 3 is 2.79 bits per heavy atom. The van der Waals surface area contributed by atoms with E-state index in [9.17, 15) is 9.59 Å². The smallest absolute Gasteiger partial charge is 0.307 e. The number of fused-ring (bicyclic) bond motifs is 1. The van der Waals surface area contributed by atoms with E-state index in [1.54, 1.807) is 0 Å². The number of hydrogen-bond acceptors (Lipinski definition) is 3. The van der Waals surface area contributed by atoms with Crippen LogP contribution in [-0.2, 0) is 16.1 Å². The zero-order chi connectivity index (χ0) is 13.4. The lowest BCUT2D eigenvalue weighted by Gasteiger charge is -2.01. The van der Waals surface area contributed by atoms with Crippen LogP contribution in [-0.4, -0.2) is 17.0 Å². The first kappa shape index (κ1) is 11.8. The standard InChI is InChI=1S/C14H13NO4/c16-13(10-6-11(10)14(17)18)15-7-9-5-8-3-1-2-4-12(8)19-9/h1-5,10-11H,6-7H2,(H,15,16)(H,17,18)/t10-,11-/m1/s1. The molecule has 0 bridgehead atoms. The zero-order valence-electron chi connectivity index (χ0n) is 10.1. The molecule has 5 heteroatoms. The van der Waals surface area contributed by atoms with Crippen molar-refractivity contribution in [3.05, 3.63) is 36.1 Å². The first-order valence-electron chi connectivity index (χ1n) is 6.13. The predicted molar refractivity (Wildman–Crippen MR) is 67.3 cm³/mol. The highest BCUT2D eigenvalue weighted by atomic mass is 16.4. The molecule has 1 fully saturated rings. The second-order valence-corrected chi connectivity index (χ2v) is 4.76. The van der Waals surface area contributed by atoms with Crippen molar-refractivity contribution in [1.82, 2.24) is 5.32 Å². The van der Waals surface area contributed by atoms with Gasteiger partial charge in [-0.15, -0.1) is 0 Å². The van der Waals surface area contributed by atoms with Crippen LogP contribution in [0, 0.1) is 11.8 Å². The summed E-state index contributed by atoms with van der Waals surface area (Å²) in [5, 5.41) is 12.5. The number of carboxylic acids is 1. The molecule has 0 saturated heterocycles. The van der Waals surface area contributed by atoms with E-state index in [-0.39, 0.29) is 18.4 Å². The Labute approximate surface area is 109 Å². The Morgan fingerprint density at radius 2 is 2.11 bits per heavy atom. The Kier molecular flexibility index (Phi) is 2.74. The fraction of sp³-hybridized carbons (Fsp3) is 0.286. The molecule has 0 radical (unpaired) electrons. The third-order valence-corrected chi connectivity index (χ3v) is 3.36. The molecule has 3 rings (SSSR count). The molecule has 0 aliphatic heterocycles. The molecule has 1 heterocycles. The van der Waals surface area contributed by atoms with Gasteiger partial charge >= 0.3 is 5.97 Å². The maximum absolute atomic E-state index is 11.7. The van der Waals surface area contributed by atoms with E-state index in [0.29, 0.717) is 12.2 Å². The lowest BCUT2D eigenvalue weighted by atomic mass is 10.2. The molecule has 1 aliphatic carbocycles. The quantitative estimate of drug-likeness (QED) is 0.877. The van der Waals surface area contributed by atoms with Crippen molar-refractivity contribution in [3.8, 4) is 0 Å². The molecule has 0 spiro atoms. The molecule has 98 valence electrons. The Bertz CT molecular complexity index is 613. The van der Waals surface area contributed by atoms with Gasteiger partial charge in [0, 0.05) is 5.39 Å². The minimum Gasteiger partial charge on any atom is -0.481 e. The molecule has 1 saturated carbocycles. The lowest BCUT2D eigenvalue weighted by molar-refractivity contribution is -0.140.